The lowest BCUT2D eigenvalue weighted by molar-refractivity contribution is -0.162. The SMILES string of the molecule is CC(C)OC(=O)[C@H]1OC[C@H](O[Si](c2ccccc2)(c2ccccc2)C(C)(C)C)[C@@H]1O[Si](c1ccccc1)(c1ccccc1)C(C)(C)C.CC(C)OC(=O)[C@H]1OC[C@H](O[Si](c2ccccc2)(c2ccccc2)C(C)(C)C)[C@@H]1O[Si](c1ccccc1)(c1ccccc1)C(C)(C)C. The molecule has 2 fully saturated rings. The maximum absolute atomic E-state index is 13.9. The molecule has 0 amide bonds. The number of hydrogen-bond acceptors (Lipinski definition) is 10. The molecule has 10 nitrogen and oxygen atoms in total. The van der Waals surface area contributed by atoms with Crippen molar-refractivity contribution in [1.29, 1.82) is 0 Å². The second-order valence-corrected chi connectivity index (χ2v) is 46.6. The van der Waals surface area contributed by atoms with Crippen molar-refractivity contribution in [3.05, 3.63) is 243 Å². The van der Waals surface area contributed by atoms with Crippen molar-refractivity contribution >= 4 is 86.7 Å². The Morgan fingerprint density at radius 2 is 0.479 bits per heavy atom. The number of hydrogen-bond donors (Lipinski definition) is 0. The van der Waals surface area contributed by atoms with E-state index in [1.807, 2.05) is 76.2 Å². The summed E-state index contributed by atoms with van der Waals surface area (Å²) in [5.41, 5.74) is 0. The summed E-state index contributed by atoms with van der Waals surface area (Å²) in [6.45, 7) is 34.9. The van der Waals surface area contributed by atoms with Crippen molar-refractivity contribution in [2.24, 2.45) is 0 Å². The number of ether oxygens (including phenoxy) is 4. The summed E-state index contributed by atoms with van der Waals surface area (Å²) in [5.74, 6) is -0.840. The smallest absolute Gasteiger partial charge is 0.338 e. The van der Waals surface area contributed by atoms with Crippen LogP contribution < -0.4 is 41.5 Å². The first kappa shape index (κ1) is 71.6. The highest BCUT2D eigenvalue weighted by atomic mass is 28.4. The lowest BCUT2D eigenvalue weighted by Gasteiger charge is -2.48. The molecule has 8 aromatic carbocycles. The van der Waals surface area contributed by atoms with E-state index in [0.717, 1.165) is 41.5 Å². The molecular weight excluding hydrogens is 1230 g/mol. The van der Waals surface area contributed by atoms with E-state index in [9.17, 15) is 9.59 Å². The van der Waals surface area contributed by atoms with Crippen LogP contribution in [0.15, 0.2) is 243 Å². The van der Waals surface area contributed by atoms with Crippen LogP contribution in [0.4, 0.5) is 0 Å². The first-order chi connectivity index (χ1) is 44.6. The molecule has 0 bridgehead atoms. The van der Waals surface area contributed by atoms with Gasteiger partial charge in [0.15, 0.2) is 12.2 Å². The van der Waals surface area contributed by atoms with Crippen molar-refractivity contribution in [3.63, 3.8) is 0 Å². The lowest BCUT2D eigenvalue weighted by atomic mass is 10.1. The van der Waals surface area contributed by atoms with E-state index >= 15 is 0 Å². The molecule has 2 aliphatic rings. The molecule has 14 heteroatoms. The van der Waals surface area contributed by atoms with Crippen molar-refractivity contribution in [1.82, 2.24) is 0 Å². The zero-order chi connectivity index (χ0) is 67.7. The van der Waals surface area contributed by atoms with Gasteiger partial charge in [0.25, 0.3) is 33.3 Å². The Bertz CT molecular complexity index is 3250. The second-order valence-electron chi connectivity index (χ2n) is 29.6. The molecule has 0 N–H and O–H groups in total. The first-order valence-corrected chi connectivity index (χ1v) is 41.1. The van der Waals surface area contributed by atoms with Gasteiger partial charge in [-0.1, -0.05) is 326 Å². The fourth-order valence-electron chi connectivity index (χ4n) is 14.3. The maximum Gasteiger partial charge on any atom is 0.338 e. The Balaban J connectivity index is 0.000000221. The van der Waals surface area contributed by atoms with E-state index in [1.165, 1.54) is 0 Å². The van der Waals surface area contributed by atoms with E-state index in [-0.39, 0.29) is 45.6 Å². The van der Waals surface area contributed by atoms with Crippen LogP contribution in [0.1, 0.15) is 111 Å². The van der Waals surface area contributed by atoms with Crippen LogP contribution in [0.5, 0.6) is 0 Å². The number of esters is 2. The molecule has 2 heterocycles. The van der Waals surface area contributed by atoms with Crippen LogP contribution in [0.2, 0.25) is 20.2 Å². The molecule has 10 rings (SSSR count). The molecule has 0 radical (unpaired) electrons. The minimum absolute atomic E-state index is 0.214. The molecule has 496 valence electrons. The summed E-state index contributed by atoms with van der Waals surface area (Å²) in [5, 5.41) is 8.01. The summed E-state index contributed by atoms with van der Waals surface area (Å²) in [4.78, 5) is 27.7. The summed E-state index contributed by atoms with van der Waals surface area (Å²) in [6.07, 6.45) is -4.97. The highest BCUT2D eigenvalue weighted by Gasteiger charge is 2.62. The van der Waals surface area contributed by atoms with Gasteiger partial charge in [0.05, 0.1) is 37.6 Å². The van der Waals surface area contributed by atoms with Crippen LogP contribution in [-0.4, -0.2) is 107 Å². The van der Waals surface area contributed by atoms with Gasteiger partial charge in [-0.25, -0.2) is 9.59 Å². The van der Waals surface area contributed by atoms with Gasteiger partial charge in [0.2, 0.25) is 0 Å². The zero-order valence-electron chi connectivity index (χ0n) is 58.2. The van der Waals surface area contributed by atoms with E-state index in [1.54, 1.807) is 0 Å². The molecular formula is C80H100O10Si4. The normalized spacial score (nSPS) is 19.1. The summed E-state index contributed by atoms with van der Waals surface area (Å²) in [6, 6.07) is 84.3. The topological polar surface area (TPSA) is 108 Å². The van der Waals surface area contributed by atoms with Gasteiger partial charge >= 0.3 is 11.9 Å². The Morgan fingerprint density at radius 3 is 0.638 bits per heavy atom. The van der Waals surface area contributed by atoms with Gasteiger partial charge in [0.1, 0.15) is 12.2 Å². The van der Waals surface area contributed by atoms with Gasteiger partial charge in [-0.05, 0) is 89.3 Å². The number of carbonyl (C=O) groups excluding carboxylic acids is 2. The highest BCUT2D eigenvalue weighted by molar-refractivity contribution is 7.01. The Labute approximate surface area is 565 Å². The second kappa shape index (κ2) is 29.8. The molecule has 2 saturated heterocycles. The van der Waals surface area contributed by atoms with Gasteiger partial charge in [-0.2, -0.15) is 0 Å². The van der Waals surface area contributed by atoms with E-state index in [2.05, 4.69) is 277 Å². The van der Waals surface area contributed by atoms with Crippen LogP contribution in [0.25, 0.3) is 0 Å². The predicted molar refractivity (Wildman–Crippen MR) is 392 cm³/mol. The van der Waals surface area contributed by atoms with Crippen molar-refractivity contribution in [2.75, 3.05) is 13.2 Å². The van der Waals surface area contributed by atoms with Gasteiger partial charge in [-0.15, -0.1) is 0 Å². The van der Waals surface area contributed by atoms with Crippen molar-refractivity contribution in [3.8, 4) is 0 Å². The van der Waals surface area contributed by atoms with Gasteiger partial charge in [0, 0.05) is 0 Å². The molecule has 0 saturated carbocycles. The van der Waals surface area contributed by atoms with Crippen LogP contribution >= 0.6 is 0 Å². The third-order valence-electron chi connectivity index (χ3n) is 18.3. The standard InChI is InChI=1S/2C40H50O5Si2/c2*1-30(2)43-38(41)37-36(45-47(40(6,7)8,33-25-17-11-18-26-33)34-27-19-12-20-28-34)35(29-42-37)44-46(39(3,4)5,31-21-13-9-14-22-31)32-23-15-10-16-24-32/h2*9-28,30,35-37H,29H2,1-8H3/t2*35-,36-,37-/m00/s1. The van der Waals surface area contributed by atoms with E-state index in [0.29, 0.717) is 0 Å². The molecule has 8 aromatic rings. The van der Waals surface area contributed by atoms with Crippen LogP contribution in [0.3, 0.4) is 0 Å². The average Bonchev–Trinajstić information content (AvgIpc) is 0.859. The van der Waals surface area contributed by atoms with Gasteiger partial charge in [-0.3, -0.25) is 0 Å². The molecule has 2 aliphatic heterocycles. The molecule has 0 aliphatic carbocycles. The Kier molecular flexibility index (Phi) is 22.7. The quantitative estimate of drug-likeness (QED) is 0.0541. The minimum atomic E-state index is -3.12. The summed E-state index contributed by atoms with van der Waals surface area (Å²) < 4.78 is 55.2. The van der Waals surface area contributed by atoms with E-state index in [4.69, 9.17) is 36.7 Å². The Hall–Kier alpha value is -6.67. The predicted octanol–water partition coefficient (Wildman–Crippen LogP) is 12.5. The van der Waals surface area contributed by atoms with Gasteiger partial charge < -0.3 is 36.7 Å². The Morgan fingerprint density at radius 1 is 0.309 bits per heavy atom. The fourth-order valence-corrected chi connectivity index (χ4v) is 33.0. The lowest BCUT2D eigenvalue weighted by Crippen LogP contribution is -2.71. The van der Waals surface area contributed by atoms with E-state index < -0.39 is 81.8 Å². The third kappa shape index (κ3) is 14.7. The summed E-state index contributed by atoms with van der Waals surface area (Å²) >= 11 is 0. The van der Waals surface area contributed by atoms with Crippen LogP contribution in [0, 0.1) is 0 Å². The number of benzene rings is 8. The number of rotatable bonds is 20. The third-order valence-corrected chi connectivity index (χ3v) is 38.5. The van der Waals surface area contributed by atoms with Crippen molar-refractivity contribution in [2.45, 2.75) is 180 Å². The zero-order valence-corrected chi connectivity index (χ0v) is 62.2. The first-order valence-electron chi connectivity index (χ1n) is 33.4. The fraction of sp³-hybridized carbons (Fsp3) is 0.375. The largest absolute Gasteiger partial charge is 0.461 e. The molecule has 0 unspecified atom stereocenters. The molecule has 0 spiro atoms. The molecule has 94 heavy (non-hydrogen) atoms. The van der Waals surface area contributed by atoms with Crippen LogP contribution in [-0.2, 0) is 46.2 Å². The van der Waals surface area contributed by atoms with Crippen molar-refractivity contribution < 1.29 is 46.2 Å². The molecule has 0 aromatic heterocycles. The maximum atomic E-state index is 13.9. The monoisotopic (exact) mass is 1330 g/mol. The highest BCUT2D eigenvalue weighted by Crippen LogP contribution is 2.45. The average molecular weight is 1330 g/mol. The summed E-state index contributed by atoms with van der Waals surface area (Å²) in [7, 11) is -12.3. The number of carbonyl (C=O) groups is 2. The molecule has 6 atom stereocenters. The minimum Gasteiger partial charge on any atom is -0.461 e.